The lowest BCUT2D eigenvalue weighted by molar-refractivity contribution is -0.146. The van der Waals surface area contributed by atoms with E-state index in [-0.39, 0.29) is 5.65 Å². The van der Waals surface area contributed by atoms with Crippen molar-refractivity contribution < 1.29 is 13.2 Å². The molecule has 0 bridgehead atoms. The second-order valence-electron chi connectivity index (χ2n) is 6.02. The number of aryl methyl sites for hydroxylation is 1. The quantitative estimate of drug-likeness (QED) is 0.683. The van der Waals surface area contributed by atoms with E-state index in [0.29, 0.717) is 37.9 Å². The lowest BCUT2D eigenvalue weighted by Gasteiger charge is -2.35. The Labute approximate surface area is 146 Å². The van der Waals surface area contributed by atoms with Crippen LogP contribution in [0.1, 0.15) is 11.4 Å². The molecule has 4 heterocycles. The third-order valence-electron chi connectivity index (χ3n) is 4.16. The maximum Gasteiger partial charge on any atom is 0.453 e. The van der Waals surface area contributed by atoms with Gasteiger partial charge in [0.25, 0.3) is 5.82 Å². The van der Waals surface area contributed by atoms with Crippen molar-refractivity contribution in [3.8, 4) is 0 Å². The highest BCUT2D eigenvalue weighted by Crippen LogP contribution is 2.28. The van der Waals surface area contributed by atoms with Gasteiger partial charge in [-0.15, -0.1) is 15.3 Å². The Bertz CT molecular complexity index is 913. The molecule has 136 valence electrons. The molecule has 0 unspecified atom stereocenters. The number of hydrogen-bond acceptors (Lipinski definition) is 7. The number of anilines is 2. The monoisotopic (exact) mass is 364 g/mol. The fraction of sp³-hybridized carbons (Fsp3) is 0.400. The van der Waals surface area contributed by atoms with E-state index in [9.17, 15) is 13.2 Å². The predicted octanol–water partition coefficient (Wildman–Crippen LogP) is 1.57. The molecule has 0 atom stereocenters. The van der Waals surface area contributed by atoms with Crippen LogP contribution in [0.2, 0.25) is 0 Å². The molecule has 8 nitrogen and oxygen atoms in total. The largest absolute Gasteiger partial charge is 0.453 e. The van der Waals surface area contributed by atoms with Crippen LogP contribution in [0.5, 0.6) is 0 Å². The van der Waals surface area contributed by atoms with Gasteiger partial charge in [-0.2, -0.15) is 17.7 Å². The maximum absolute atomic E-state index is 13.0. The molecule has 0 aliphatic carbocycles. The molecular formula is C15H15F3N8. The number of aromatic nitrogens is 6. The third-order valence-corrected chi connectivity index (χ3v) is 4.16. The molecule has 0 radical (unpaired) electrons. The van der Waals surface area contributed by atoms with Crippen molar-refractivity contribution in [1.29, 1.82) is 0 Å². The number of piperazine rings is 1. The fourth-order valence-corrected chi connectivity index (χ4v) is 2.81. The second-order valence-corrected chi connectivity index (χ2v) is 6.02. The van der Waals surface area contributed by atoms with Crippen LogP contribution in [0.4, 0.5) is 24.9 Å². The Hall–Kier alpha value is -2.98. The zero-order valence-electron chi connectivity index (χ0n) is 13.8. The summed E-state index contributed by atoms with van der Waals surface area (Å²) in [7, 11) is 0. The first-order valence-corrected chi connectivity index (χ1v) is 8.00. The molecule has 0 spiro atoms. The Morgan fingerprint density at radius 1 is 0.923 bits per heavy atom. The van der Waals surface area contributed by atoms with Crippen LogP contribution in [0.25, 0.3) is 5.65 Å². The van der Waals surface area contributed by atoms with Crippen molar-refractivity contribution in [2.45, 2.75) is 13.1 Å². The molecule has 0 amide bonds. The Morgan fingerprint density at radius 3 is 2.23 bits per heavy atom. The maximum atomic E-state index is 13.0. The minimum absolute atomic E-state index is 0.0627. The summed E-state index contributed by atoms with van der Waals surface area (Å²) in [5, 5.41) is 10.8. The average Bonchev–Trinajstić information content (AvgIpc) is 3.06. The first-order valence-electron chi connectivity index (χ1n) is 8.00. The standard InChI is InChI=1S/C15H15F3N8/c1-10-8-19-14(20-9-10)25-6-4-24(5-7-25)12-3-2-11-21-22-13(15(16,17)18)26(11)23-12/h2-3,8-9H,4-7H2,1H3. The van der Waals surface area contributed by atoms with E-state index in [0.717, 1.165) is 10.1 Å². The zero-order valence-corrected chi connectivity index (χ0v) is 13.8. The van der Waals surface area contributed by atoms with Gasteiger partial charge in [0.2, 0.25) is 5.95 Å². The fourth-order valence-electron chi connectivity index (χ4n) is 2.81. The molecule has 4 rings (SSSR count). The van der Waals surface area contributed by atoms with Crippen LogP contribution in [-0.2, 0) is 6.18 Å². The first-order chi connectivity index (χ1) is 12.4. The summed E-state index contributed by atoms with van der Waals surface area (Å²) >= 11 is 0. The van der Waals surface area contributed by atoms with Crippen LogP contribution < -0.4 is 9.80 Å². The minimum atomic E-state index is -4.60. The molecule has 3 aromatic heterocycles. The van der Waals surface area contributed by atoms with Crippen molar-refractivity contribution in [2.24, 2.45) is 0 Å². The van der Waals surface area contributed by atoms with Gasteiger partial charge < -0.3 is 9.80 Å². The van der Waals surface area contributed by atoms with E-state index in [2.05, 4.69) is 25.3 Å². The summed E-state index contributed by atoms with van der Waals surface area (Å²) in [5.74, 6) is -0.0230. The van der Waals surface area contributed by atoms with Crippen LogP contribution in [0, 0.1) is 6.92 Å². The second kappa shape index (κ2) is 6.07. The van der Waals surface area contributed by atoms with Crippen molar-refractivity contribution in [3.05, 3.63) is 35.9 Å². The van der Waals surface area contributed by atoms with Gasteiger partial charge >= 0.3 is 6.18 Å². The van der Waals surface area contributed by atoms with Gasteiger partial charge in [0.15, 0.2) is 5.65 Å². The van der Waals surface area contributed by atoms with E-state index in [1.807, 2.05) is 16.7 Å². The molecule has 0 aromatic carbocycles. The summed E-state index contributed by atoms with van der Waals surface area (Å²) < 4.78 is 39.7. The summed E-state index contributed by atoms with van der Waals surface area (Å²) in [6.07, 6.45) is -1.09. The number of fused-ring (bicyclic) bond motifs is 1. The third kappa shape index (κ3) is 3.00. The summed E-state index contributed by atoms with van der Waals surface area (Å²) in [6, 6.07) is 3.14. The number of alkyl halides is 3. The van der Waals surface area contributed by atoms with E-state index < -0.39 is 12.0 Å². The molecular weight excluding hydrogens is 349 g/mol. The van der Waals surface area contributed by atoms with Gasteiger partial charge in [-0.3, -0.25) is 0 Å². The smallest absolute Gasteiger partial charge is 0.352 e. The SMILES string of the molecule is Cc1cnc(N2CCN(c3ccc4nnc(C(F)(F)F)n4n3)CC2)nc1. The highest BCUT2D eigenvalue weighted by Gasteiger charge is 2.37. The lowest BCUT2D eigenvalue weighted by atomic mass is 10.3. The molecule has 1 fully saturated rings. The number of hydrogen-bond donors (Lipinski definition) is 0. The molecule has 0 N–H and O–H groups in total. The van der Waals surface area contributed by atoms with Crippen LogP contribution in [-0.4, -0.2) is 56.0 Å². The van der Waals surface area contributed by atoms with E-state index >= 15 is 0 Å². The van der Waals surface area contributed by atoms with Crippen molar-refractivity contribution in [3.63, 3.8) is 0 Å². The molecule has 0 saturated carbocycles. The molecule has 11 heteroatoms. The first kappa shape index (κ1) is 16.5. The van der Waals surface area contributed by atoms with E-state index in [1.165, 1.54) is 6.07 Å². The van der Waals surface area contributed by atoms with Crippen molar-refractivity contribution >= 4 is 17.4 Å². The molecule has 1 aliphatic heterocycles. The number of halogens is 3. The Morgan fingerprint density at radius 2 is 1.58 bits per heavy atom. The van der Waals surface area contributed by atoms with Crippen LogP contribution in [0.3, 0.4) is 0 Å². The van der Waals surface area contributed by atoms with Gasteiger partial charge in [0, 0.05) is 38.6 Å². The topological polar surface area (TPSA) is 75.3 Å². The highest BCUT2D eigenvalue weighted by atomic mass is 19.4. The molecule has 3 aromatic rings. The molecule has 26 heavy (non-hydrogen) atoms. The van der Waals surface area contributed by atoms with Gasteiger partial charge in [-0.25, -0.2) is 9.97 Å². The van der Waals surface area contributed by atoms with Crippen molar-refractivity contribution in [2.75, 3.05) is 36.0 Å². The summed E-state index contributed by atoms with van der Waals surface area (Å²) in [6.45, 7) is 4.41. The highest BCUT2D eigenvalue weighted by molar-refractivity contribution is 5.47. The lowest BCUT2D eigenvalue weighted by Crippen LogP contribution is -2.47. The predicted molar refractivity (Wildman–Crippen MR) is 87.0 cm³/mol. The molecule has 1 saturated heterocycles. The van der Waals surface area contributed by atoms with E-state index in [4.69, 9.17) is 0 Å². The number of rotatable bonds is 2. The average molecular weight is 364 g/mol. The van der Waals surface area contributed by atoms with Gasteiger partial charge in [0.05, 0.1) is 0 Å². The van der Waals surface area contributed by atoms with Crippen LogP contribution in [0.15, 0.2) is 24.5 Å². The number of nitrogens with zero attached hydrogens (tertiary/aromatic N) is 8. The summed E-state index contributed by atoms with van der Waals surface area (Å²) in [5.41, 5.74) is 1.05. The Kier molecular flexibility index (Phi) is 3.85. The van der Waals surface area contributed by atoms with Gasteiger partial charge in [-0.05, 0) is 24.6 Å². The Balaban J connectivity index is 1.53. The van der Waals surface area contributed by atoms with Crippen LogP contribution >= 0.6 is 0 Å². The minimum Gasteiger partial charge on any atom is -0.352 e. The van der Waals surface area contributed by atoms with E-state index in [1.54, 1.807) is 18.5 Å². The zero-order chi connectivity index (χ0) is 18.3. The van der Waals surface area contributed by atoms with Crippen molar-refractivity contribution in [1.82, 2.24) is 29.8 Å². The van der Waals surface area contributed by atoms with Gasteiger partial charge in [0.1, 0.15) is 5.82 Å². The van der Waals surface area contributed by atoms with Gasteiger partial charge in [-0.1, -0.05) is 0 Å². The summed E-state index contributed by atoms with van der Waals surface area (Å²) in [4.78, 5) is 12.6. The normalized spacial score (nSPS) is 15.7. The molecule has 1 aliphatic rings.